The van der Waals surface area contributed by atoms with Crippen LogP contribution in [0, 0.1) is 46.3 Å². The van der Waals surface area contributed by atoms with Gasteiger partial charge in [0.1, 0.15) is 0 Å². The molecule has 7 aliphatic rings. The summed E-state index contributed by atoms with van der Waals surface area (Å²) in [5.74, 6) is 0.942. The van der Waals surface area contributed by atoms with E-state index in [-0.39, 0.29) is 0 Å². The third-order valence-electron chi connectivity index (χ3n) is 7.92. The Morgan fingerprint density at radius 3 is 0.950 bits per heavy atom. The van der Waals surface area contributed by atoms with Crippen molar-refractivity contribution >= 4 is 11.9 Å². The summed E-state index contributed by atoms with van der Waals surface area (Å²) in [6, 6.07) is 0. The average molecular weight is 274 g/mol. The number of carboxylic acids is 2. The average Bonchev–Trinajstić information content (AvgIpc) is 2.43. The second-order valence-electron chi connectivity index (χ2n) is 8.34. The molecule has 7 fully saturated rings. The van der Waals surface area contributed by atoms with Gasteiger partial charge in [-0.2, -0.15) is 0 Å². The Morgan fingerprint density at radius 1 is 0.600 bits per heavy atom. The van der Waals surface area contributed by atoms with Crippen molar-refractivity contribution in [1.29, 1.82) is 0 Å². The van der Waals surface area contributed by atoms with Crippen LogP contribution in [0.4, 0.5) is 0 Å². The molecule has 0 saturated heterocycles. The van der Waals surface area contributed by atoms with Crippen LogP contribution in [0.3, 0.4) is 0 Å². The maximum Gasteiger partial charge on any atom is 0.0476 e. The topological polar surface area (TPSA) is 80.3 Å². The fourth-order valence-corrected chi connectivity index (χ4v) is 7.43. The smallest absolute Gasteiger partial charge is 0.0476 e. The van der Waals surface area contributed by atoms with Gasteiger partial charge in [-0.15, -0.1) is 0 Å². The normalized spacial score (nSPS) is 61.0. The summed E-state index contributed by atoms with van der Waals surface area (Å²) in [5, 5.41) is 23.3. The van der Waals surface area contributed by atoms with Gasteiger partial charge in [-0.3, -0.25) is 0 Å². The van der Waals surface area contributed by atoms with Crippen LogP contribution in [-0.2, 0) is 9.59 Å². The molecule has 0 N–H and O–H groups in total. The number of carbonyl (C=O) groups excluding carboxylic acids is 2. The second-order valence-corrected chi connectivity index (χ2v) is 8.34. The Balaban J connectivity index is 1.61. The van der Waals surface area contributed by atoms with Crippen LogP contribution in [-0.4, -0.2) is 11.9 Å². The predicted octanol–water partition coefficient (Wildman–Crippen LogP) is -0.435. The van der Waals surface area contributed by atoms with Crippen molar-refractivity contribution in [2.24, 2.45) is 46.3 Å². The first-order valence-corrected chi connectivity index (χ1v) is 7.89. The van der Waals surface area contributed by atoms with E-state index in [0.29, 0.717) is 35.5 Å². The highest BCUT2D eigenvalue weighted by Gasteiger charge is 2.70. The van der Waals surface area contributed by atoms with Gasteiger partial charge < -0.3 is 19.8 Å². The summed E-state index contributed by atoms with van der Waals surface area (Å²) in [4.78, 5) is 23.3. The van der Waals surface area contributed by atoms with E-state index in [9.17, 15) is 19.8 Å². The molecule has 0 unspecified atom stereocenters. The van der Waals surface area contributed by atoms with E-state index in [0.717, 1.165) is 38.5 Å². The van der Waals surface area contributed by atoms with E-state index in [4.69, 9.17) is 0 Å². The Bertz CT molecular complexity index is 426. The third-order valence-corrected chi connectivity index (χ3v) is 7.92. The molecular weight excluding hydrogens is 256 g/mol. The molecule has 4 heteroatoms. The molecular formula is C16H18O4-2. The lowest BCUT2D eigenvalue weighted by atomic mass is 9.30. The van der Waals surface area contributed by atoms with Crippen LogP contribution < -0.4 is 10.2 Å². The fourth-order valence-electron chi connectivity index (χ4n) is 7.43. The van der Waals surface area contributed by atoms with Gasteiger partial charge >= 0.3 is 0 Å². The maximum atomic E-state index is 11.6. The minimum atomic E-state index is -0.847. The van der Waals surface area contributed by atoms with Gasteiger partial charge in [-0.25, -0.2) is 0 Å². The first kappa shape index (κ1) is 11.6. The summed E-state index contributed by atoms with van der Waals surface area (Å²) >= 11 is 0. The highest BCUT2D eigenvalue weighted by atomic mass is 16.4. The predicted molar refractivity (Wildman–Crippen MR) is 63.5 cm³/mol. The van der Waals surface area contributed by atoms with E-state index < -0.39 is 22.8 Å². The van der Waals surface area contributed by atoms with Gasteiger partial charge in [0, 0.05) is 22.8 Å². The number of rotatable bonds is 2. The number of hydrogen-bond donors (Lipinski definition) is 0. The van der Waals surface area contributed by atoms with E-state index in [1.54, 1.807) is 0 Å². The molecule has 7 rings (SSSR count). The monoisotopic (exact) mass is 274 g/mol. The second kappa shape index (κ2) is 3.07. The number of carboxylic acid groups (broad SMARTS) is 2. The van der Waals surface area contributed by atoms with E-state index in [1.807, 2.05) is 0 Å². The molecule has 0 aliphatic heterocycles. The molecule has 7 aliphatic carbocycles. The molecule has 0 spiro atoms. The Hall–Kier alpha value is -1.06. The Labute approximate surface area is 117 Å². The lowest BCUT2D eigenvalue weighted by Crippen LogP contribution is -2.71. The molecule has 0 aromatic rings. The van der Waals surface area contributed by atoms with Crippen LogP contribution in [0.5, 0.6) is 0 Å². The molecule has 0 atom stereocenters. The van der Waals surface area contributed by atoms with Crippen molar-refractivity contribution < 1.29 is 19.8 Å². The number of carbonyl (C=O) groups is 2. The summed E-state index contributed by atoms with van der Waals surface area (Å²) in [5.41, 5.74) is -1.16. The van der Waals surface area contributed by atoms with Gasteiger partial charge in [0.2, 0.25) is 0 Å². The number of hydrogen-bond acceptors (Lipinski definition) is 4. The summed E-state index contributed by atoms with van der Waals surface area (Å²) in [6.07, 6.45) is 4.46. The van der Waals surface area contributed by atoms with Crippen LogP contribution in [0.2, 0.25) is 0 Å². The van der Waals surface area contributed by atoms with Crippen molar-refractivity contribution in [2.75, 3.05) is 0 Å². The van der Waals surface area contributed by atoms with Crippen LogP contribution in [0.15, 0.2) is 0 Å². The molecule has 0 aromatic heterocycles. The fraction of sp³-hybridized carbons (Fsp3) is 0.875. The van der Waals surface area contributed by atoms with Crippen LogP contribution >= 0.6 is 0 Å². The van der Waals surface area contributed by atoms with Gasteiger partial charge in [0.15, 0.2) is 0 Å². The molecule has 4 nitrogen and oxygen atoms in total. The highest BCUT2D eigenvalue weighted by Crippen LogP contribution is 2.76. The lowest BCUT2D eigenvalue weighted by Gasteiger charge is -2.75. The van der Waals surface area contributed by atoms with Crippen molar-refractivity contribution in [3.05, 3.63) is 0 Å². The highest BCUT2D eigenvalue weighted by molar-refractivity contribution is 5.75. The lowest BCUT2D eigenvalue weighted by molar-refractivity contribution is -0.353. The zero-order valence-electron chi connectivity index (χ0n) is 11.3. The van der Waals surface area contributed by atoms with Crippen LogP contribution in [0.25, 0.3) is 0 Å². The molecule has 0 radical (unpaired) electrons. The Morgan fingerprint density at radius 2 is 0.800 bits per heavy atom. The quantitative estimate of drug-likeness (QED) is 0.684. The summed E-state index contributed by atoms with van der Waals surface area (Å²) in [6.45, 7) is 0. The molecule has 20 heavy (non-hydrogen) atoms. The van der Waals surface area contributed by atoms with Crippen LogP contribution in [0.1, 0.15) is 38.5 Å². The van der Waals surface area contributed by atoms with E-state index >= 15 is 0 Å². The molecule has 0 aromatic carbocycles. The molecule has 0 heterocycles. The number of aliphatic carboxylic acids is 2. The van der Waals surface area contributed by atoms with E-state index in [1.165, 1.54) is 0 Å². The zero-order chi connectivity index (χ0) is 13.9. The first-order chi connectivity index (χ1) is 9.46. The van der Waals surface area contributed by atoms with Gasteiger partial charge in [0.25, 0.3) is 0 Å². The van der Waals surface area contributed by atoms with Gasteiger partial charge in [0.05, 0.1) is 0 Å². The first-order valence-electron chi connectivity index (χ1n) is 7.89. The van der Waals surface area contributed by atoms with Gasteiger partial charge in [-0.05, 0) is 74.0 Å². The largest absolute Gasteiger partial charge is 0.550 e. The maximum absolute atomic E-state index is 11.6. The standard InChI is InChI=1S/C16H20O4/c17-13(18)15-1-7-8-4-16(14(19)20)5-9(7)11(3-15)12(6-16)10(8)2-15/h7-12H,1-6H2,(H,17,18)(H,19,20)/p-2. The van der Waals surface area contributed by atoms with Crippen molar-refractivity contribution in [2.45, 2.75) is 38.5 Å². The summed E-state index contributed by atoms with van der Waals surface area (Å²) < 4.78 is 0. The van der Waals surface area contributed by atoms with Gasteiger partial charge in [-0.1, -0.05) is 0 Å². The minimum Gasteiger partial charge on any atom is -0.550 e. The van der Waals surface area contributed by atoms with E-state index in [2.05, 4.69) is 0 Å². The zero-order valence-corrected chi connectivity index (χ0v) is 11.3. The minimum absolute atomic E-state index is 0.439. The van der Waals surface area contributed by atoms with Crippen molar-refractivity contribution in [1.82, 2.24) is 0 Å². The SMILES string of the molecule is O=C([O-])C12CC3C4CC5(C(=O)[O-])CC3C(C1)C(C5)C4C2. The van der Waals surface area contributed by atoms with Crippen molar-refractivity contribution in [3.63, 3.8) is 0 Å². The third kappa shape index (κ3) is 1.02. The molecule has 108 valence electrons. The summed E-state index contributed by atoms with van der Waals surface area (Å²) in [7, 11) is 0. The van der Waals surface area contributed by atoms with Crippen molar-refractivity contribution in [3.8, 4) is 0 Å². The Kier molecular flexibility index (Phi) is 1.78. The molecule has 8 bridgehead atoms. The molecule has 7 saturated carbocycles. The molecule has 0 amide bonds.